The Morgan fingerprint density at radius 3 is 1.70 bits per heavy atom. The molecule has 0 radical (unpaired) electrons. The predicted octanol–water partition coefficient (Wildman–Crippen LogP) is 3.26. The van der Waals surface area contributed by atoms with E-state index in [4.69, 9.17) is 23.2 Å². The summed E-state index contributed by atoms with van der Waals surface area (Å²) < 4.78 is 0. The van der Waals surface area contributed by atoms with Crippen molar-refractivity contribution in [1.82, 2.24) is 0 Å². The second-order valence-corrected chi connectivity index (χ2v) is 3.37. The van der Waals surface area contributed by atoms with Crippen molar-refractivity contribution in [3.63, 3.8) is 0 Å². The minimum absolute atomic E-state index is 0.0258. The Balaban J connectivity index is 2.50. The molecule has 1 aromatic carbocycles. The van der Waals surface area contributed by atoms with Crippen LogP contribution in [0.2, 0.25) is 0 Å². The van der Waals surface area contributed by atoms with Crippen molar-refractivity contribution in [1.29, 1.82) is 0 Å². The highest BCUT2D eigenvalue weighted by Crippen LogP contribution is 2.51. The largest absolute Gasteiger partial charge is 0.116 e. The van der Waals surface area contributed by atoms with Crippen molar-refractivity contribution in [2.24, 2.45) is 0 Å². The zero-order valence-electron chi connectivity index (χ0n) is 5.22. The molecule has 0 spiro atoms. The standard InChI is InChI=1S/C8H6Cl2/c9-7-5-3-1-2-4-6(5)8(7)10/h1-4,7-8H/t7-,8-/m0/s1. The fourth-order valence-corrected chi connectivity index (χ4v) is 1.90. The second-order valence-electron chi connectivity index (χ2n) is 2.43. The Morgan fingerprint density at radius 1 is 0.900 bits per heavy atom. The third-order valence-electron chi connectivity index (χ3n) is 1.85. The summed E-state index contributed by atoms with van der Waals surface area (Å²) in [5, 5.41) is 0.0516. The first-order valence-corrected chi connectivity index (χ1v) is 4.05. The predicted molar refractivity (Wildman–Crippen MR) is 43.6 cm³/mol. The van der Waals surface area contributed by atoms with Gasteiger partial charge >= 0.3 is 0 Å². The number of halogens is 2. The van der Waals surface area contributed by atoms with Crippen LogP contribution in [-0.2, 0) is 0 Å². The number of hydrogen-bond donors (Lipinski definition) is 0. The smallest absolute Gasteiger partial charge is 0.0793 e. The van der Waals surface area contributed by atoms with E-state index >= 15 is 0 Å². The Hall–Kier alpha value is -0.200. The van der Waals surface area contributed by atoms with E-state index in [1.165, 1.54) is 11.1 Å². The van der Waals surface area contributed by atoms with Crippen LogP contribution in [0.5, 0.6) is 0 Å². The highest BCUT2D eigenvalue weighted by molar-refractivity contribution is 6.32. The third-order valence-corrected chi connectivity index (χ3v) is 2.95. The molecule has 0 saturated heterocycles. The summed E-state index contributed by atoms with van der Waals surface area (Å²) >= 11 is 11.8. The van der Waals surface area contributed by atoms with Crippen molar-refractivity contribution in [3.05, 3.63) is 35.4 Å². The van der Waals surface area contributed by atoms with Crippen LogP contribution in [0.1, 0.15) is 21.9 Å². The third kappa shape index (κ3) is 0.694. The van der Waals surface area contributed by atoms with Crippen LogP contribution >= 0.6 is 23.2 Å². The number of hydrogen-bond acceptors (Lipinski definition) is 0. The van der Waals surface area contributed by atoms with Gasteiger partial charge in [-0.05, 0) is 11.1 Å². The van der Waals surface area contributed by atoms with Crippen LogP contribution in [0.15, 0.2) is 24.3 Å². The Bertz CT molecular complexity index is 230. The van der Waals surface area contributed by atoms with Gasteiger partial charge in [-0.15, -0.1) is 23.2 Å². The van der Waals surface area contributed by atoms with Gasteiger partial charge in [0.25, 0.3) is 0 Å². The van der Waals surface area contributed by atoms with Crippen LogP contribution in [0.4, 0.5) is 0 Å². The van der Waals surface area contributed by atoms with Crippen LogP contribution in [0.25, 0.3) is 0 Å². The highest BCUT2D eigenvalue weighted by Gasteiger charge is 2.33. The second kappa shape index (κ2) is 2.14. The molecule has 0 aromatic heterocycles. The van der Waals surface area contributed by atoms with Crippen molar-refractivity contribution in [2.45, 2.75) is 10.8 Å². The molecule has 0 aliphatic heterocycles. The van der Waals surface area contributed by atoms with Crippen LogP contribution in [-0.4, -0.2) is 0 Å². The molecule has 0 heterocycles. The van der Waals surface area contributed by atoms with Gasteiger partial charge in [-0.2, -0.15) is 0 Å². The molecule has 0 amide bonds. The summed E-state index contributed by atoms with van der Waals surface area (Å²) in [5.41, 5.74) is 2.37. The van der Waals surface area contributed by atoms with Gasteiger partial charge in [-0.25, -0.2) is 0 Å². The van der Waals surface area contributed by atoms with Gasteiger partial charge in [0.15, 0.2) is 0 Å². The first-order chi connectivity index (χ1) is 4.80. The van der Waals surface area contributed by atoms with Crippen molar-refractivity contribution in [2.75, 3.05) is 0 Å². The lowest BCUT2D eigenvalue weighted by atomic mass is 9.88. The molecule has 1 aliphatic carbocycles. The molecule has 0 bridgehead atoms. The molecule has 0 saturated carbocycles. The molecule has 0 unspecified atom stereocenters. The van der Waals surface area contributed by atoms with Gasteiger partial charge in [0.05, 0.1) is 10.8 Å². The minimum Gasteiger partial charge on any atom is -0.116 e. The zero-order chi connectivity index (χ0) is 7.14. The van der Waals surface area contributed by atoms with Crippen molar-refractivity contribution >= 4 is 23.2 Å². The molecule has 1 aliphatic rings. The summed E-state index contributed by atoms with van der Waals surface area (Å²) in [7, 11) is 0. The molecule has 2 rings (SSSR count). The summed E-state index contributed by atoms with van der Waals surface area (Å²) in [6.07, 6.45) is 0. The summed E-state index contributed by atoms with van der Waals surface area (Å²) in [5.74, 6) is 0. The van der Waals surface area contributed by atoms with Gasteiger partial charge in [-0.3, -0.25) is 0 Å². The minimum atomic E-state index is 0.0258. The number of fused-ring (bicyclic) bond motifs is 1. The molecule has 10 heavy (non-hydrogen) atoms. The Morgan fingerprint density at radius 2 is 1.30 bits per heavy atom. The maximum atomic E-state index is 5.90. The number of benzene rings is 1. The van der Waals surface area contributed by atoms with Gasteiger partial charge in [-0.1, -0.05) is 24.3 Å². The number of rotatable bonds is 0. The van der Waals surface area contributed by atoms with Crippen LogP contribution < -0.4 is 0 Å². The van der Waals surface area contributed by atoms with E-state index in [1.54, 1.807) is 0 Å². The molecule has 0 N–H and O–H groups in total. The molecule has 1 aromatic rings. The summed E-state index contributed by atoms with van der Waals surface area (Å²) in [6.45, 7) is 0. The average molecular weight is 173 g/mol. The van der Waals surface area contributed by atoms with Crippen molar-refractivity contribution in [3.8, 4) is 0 Å². The van der Waals surface area contributed by atoms with Crippen molar-refractivity contribution < 1.29 is 0 Å². The monoisotopic (exact) mass is 172 g/mol. The van der Waals surface area contributed by atoms with E-state index < -0.39 is 0 Å². The normalized spacial score (nSPS) is 29.0. The molecular formula is C8H6Cl2. The van der Waals surface area contributed by atoms with Gasteiger partial charge in [0.2, 0.25) is 0 Å². The highest BCUT2D eigenvalue weighted by atomic mass is 35.5. The maximum Gasteiger partial charge on any atom is 0.0793 e. The molecule has 0 nitrogen and oxygen atoms in total. The fourth-order valence-electron chi connectivity index (χ4n) is 1.23. The first-order valence-electron chi connectivity index (χ1n) is 3.17. The fraction of sp³-hybridized carbons (Fsp3) is 0.250. The maximum absolute atomic E-state index is 5.90. The lowest BCUT2D eigenvalue weighted by Crippen LogP contribution is -2.14. The topological polar surface area (TPSA) is 0 Å². The molecule has 52 valence electrons. The quantitative estimate of drug-likeness (QED) is 0.528. The van der Waals surface area contributed by atoms with Gasteiger partial charge < -0.3 is 0 Å². The van der Waals surface area contributed by atoms with E-state index in [-0.39, 0.29) is 10.8 Å². The van der Waals surface area contributed by atoms with Gasteiger partial charge in [0.1, 0.15) is 0 Å². The Labute approximate surface area is 69.8 Å². The van der Waals surface area contributed by atoms with E-state index in [1.807, 2.05) is 24.3 Å². The molecule has 2 atom stereocenters. The van der Waals surface area contributed by atoms with E-state index in [2.05, 4.69) is 0 Å². The van der Waals surface area contributed by atoms with E-state index in [9.17, 15) is 0 Å². The summed E-state index contributed by atoms with van der Waals surface area (Å²) in [4.78, 5) is 0. The van der Waals surface area contributed by atoms with Crippen LogP contribution in [0.3, 0.4) is 0 Å². The molecular weight excluding hydrogens is 167 g/mol. The first kappa shape index (κ1) is 6.51. The molecule has 2 heteroatoms. The molecule has 0 fully saturated rings. The lowest BCUT2D eigenvalue weighted by Gasteiger charge is -2.30. The Kier molecular flexibility index (Phi) is 1.40. The average Bonchev–Trinajstić information content (AvgIpc) is 2.03. The van der Waals surface area contributed by atoms with E-state index in [0.717, 1.165) is 0 Å². The van der Waals surface area contributed by atoms with Gasteiger partial charge in [0, 0.05) is 0 Å². The lowest BCUT2D eigenvalue weighted by molar-refractivity contribution is 0.770. The van der Waals surface area contributed by atoms with Crippen LogP contribution in [0, 0.1) is 0 Å². The number of alkyl halides is 2. The zero-order valence-corrected chi connectivity index (χ0v) is 6.73. The SMILES string of the molecule is Cl[C@H]1c2ccccc2[C@@H]1Cl. The summed E-state index contributed by atoms with van der Waals surface area (Å²) in [6, 6.07) is 8.01. The van der Waals surface area contributed by atoms with E-state index in [0.29, 0.717) is 0 Å².